The molecule has 0 bridgehead atoms. The maximum Gasteiger partial charge on any atom is 0.407 e. The Morgan fingerprint density at radius 3 is 2.60 bits per heavy atom. The van der Waals surface area contributed by atoms with Crippen LogP contribution in [0.5, 0.6) is 0 Å². The zero-order valence-electron chi connectivity index (χ0n) is 16.7. The van der Waals surface area contributed by atoms with Crippen molar-refractivity contribution in [2.75, 3.05) is 6.54 Å². The van der Waals surface area contributed by atoms with Gasteiger partial charge in [-0.25, -0.2) is 19.2 Å². The van der Waals surface area contributed by atoms with Crippen molar-refractivity contribution in [3.63, 3.8) is 0 Å². The van der Waals surface area contributed by atoms with Crippen LogP contribution in [-0.4, -0.2) is 32.6 Å². The number of amides is 1. The fraction of sp³-hybridized carbons (Fsp3) is 0.286. The number of halogens is 2. The molecule has 3 rings (SSSR count). The van der Waals surface area contributed by atoms with E-state index in [1.807, 2.05) is 26.8 Å². The Kier molecular flexibility index (Phi) is 7.00. The van der Waals surface area contributed by atoms with E-state index in [9.17, 15) is 14.3 Å². The molecule has 2 heterocycles. The highest BCUT2D eigenvalue weighted by atomic mass is 35.5. The van der Waals surface area contributed by atoms with E-state index in [4.69, 9.17) is 11.6 Å². The molecule has 0 radical (unpaired) electrons. The first-order valence-electron chi connectivity index (χ1n) is 9.14. The lowest BCUT2D eigenvalue weighted by atomic mass is 9.96. The lowest BCUT2D eigenvalue weighted by molar-refractivity contribution is 0.123. The quantitative estimate of drug-likeness (QED) is 0.411. The molecule has 0 spiro atoms. The van der Waals surface area contributed by atoms with Gasteiger partial charge in [0.15, 0.2) is 0 Å². The van der Waals surface area contributed by atoms with Crippen LogP contribution in [0.15, 0.2) is 51.7 Å². The molecule has 0 aliphatic carbocycles. The van der Waals surface area contributed by atoms with Gasteiger partial charge in [-0.05, 0) is 29.7 Å². The summed E-state index contributed by atoms with van der Waals surface area (Å²) >= 11 is 8.62. The van der Waals surface area contributed by atoms with Crippen molar-refractivity contribution in [3.8, 4) is 11.3 Å². The minimum Gasteiger partial charge on any atom is -0.465 e. The van der Waals surface area contributed by atoms with Crippen LogP contribution in [0.3, 0.4) is 0 Å². The van der Waals surface area contributed by atoms with Crippen molar-refractivity contribution >= 4 is 40.8 Å². The molecule has 2 aromatic heterocycles. The average Bonchev–Trinajstić information content (AvgIpc) is 3.04. The summed E-state index contributed by atoms with van der Waals surface area (Å²) in [7, 11) is 0. The monoisotopic (exact) mass is 465 g/mol. The van der Waals surface area contributed by atoms with Crippen molar-refractivity contribution < 1.29 is 14.3 Å². The third-order valence-electron chi connectivity index (χ3n) is 3.94. The Morgan fingerprint density at radius 1 is 1.27 bits per heavy atom. The van der Waals surface area contributed by atoms with E-state index in [1.165, 1.54) is 34.1 Å². The molecule has 3 aromatic rings. The number of hydrogen-bond acceptors (Lipinski definition) is 5. The molecule has 1 N–H and O–H groups in total. The molecule has 0 aliphatic heterocycles. The number of nitrogens with zero attached hydrogens (tertiary/aromatic N) is 3. The average molecular weight is 466 g/mol. The summed E-state index contributed by atoms with van der Waals surface area (Å²) in [6, 6.07) is 9.94. The maximum absolute atomic E-state index is 14.5. The molecule has 0 fully saturated rings. The molecule has 0 saturated carbocycles. The van der Waals surface area contributed by atoms with E-state index in [2.05, 4.69) is 9.97 Å². The lowest BCUT2D eigenvalue weighted by Gasteiger charge is -2.27. The van der Waals surface area contributed by atoms with Gasteiger partial charge in [0.25, 0.3) is 0 Å². The molecule has 30 heavy (non-hydrogen) atoms. The van der Waals surface area contributed by atoms with Gasteiger partial charge in [0, 0.05) is 23.2 Å². The fourth-order valence-electron chi connectivity index (χ4n) is 2.77. The first-order valence-corrected chi connectivity index (χ1v) is 11.2. The minimum absolute atomic E-state index is 0.137. The van der Waals surface area contributed by atoms with Crippen LogP contribution in [0.25, 0.3) is 11.3 Å². The van der Waals surface area contributed by atoms with E-state index >= 15 is 0 Å². The van der Waals surface area contributed by atoms with Gasteiger partial charge >= 0.3 is 6.09 Å². The maximum atomic E-state index is 14.5. The number of rotatable bonds is 6. The smallest absolute Gasteiger partial charge is 0.407 e. The number of aromatic nitrogens is 2. The van der Waals surface area contributed by atoms with Gasteiger partial charge in [-0.2, -0.15) is 0 Å². The summed E-state index contributed by atoms with van der Waals surface area (Å²) in [6.45, 7) is 6.43. The van der Waals surface area contributed by atoms with E-state index in [1.54, 1.807) is 30.5 Å². The van der Waals surface area contributed by atoms with Gasteiger partial charge in [0.1, 0.15) is 16.0 Å². The Morgan fingerprint density at radius 2 is 2.00 bits per heavy atom. The number of thiazole rings is 1. The Bertz CT molecular complexity index is 1040. The molecule has 0 saturated heterocycles. The third-order valence-corrected chi connectivity index (χ3v) is 6.36. The largest absolute Gasteiger partial charge is 0.465 e. The van der Waals surface area contributed by atoms with Crippen molar-refractivity contribution in [2.24, 2.45) is 5.41 Å². The van der Waals surface area contributed by atoms with E-state index in [-0.39, 0.29) is 17.8 Å². The Balaban J connectivity index is 1.98. The van der Waals surface area contributed by atoms with Gasteiger partial charge in [0.05, 0.1) is 16.4 Å². The molecule has 0 unspecified atom stereocenters. The van der Waals surface area contributed by atoms with Gasteiger partial charge in [0.2, 0.25) is 0 Å². The fourth-order valence-corrected chi connectivity index (χ4v) is 5.15. The van der Waals surface area contributed by atoms with Crippen LogP contribution in [0.2, 0.25) is 5.15 Å². The van der Waals surface area contributed by atoms with Crippen molar-refractivity contribution in [3.05, 3.63) is 58.6 Å². The van der Waals surface area contributed by atoms with Gasteiger partial charge in [-0.1, -0.05) is 56.3 Å². The molecule has 1 amide bonds. The number of hydrogen-bond donors (Lipinski definition) is 1. The lowest BCUT2D eigenvalue weighted by Crippen LogP contribution is -2.36. The highest BCUT2D eigenvalue weighted by molar-refractivity contribution is 8.01. The first kappa shape index (κ1) is 22.5. The van der Waals surface area contributed by atoms with E-state index < -0.39 is 6.09 Å². The van der Waals surface area contributed by atoms with Gasteiger partial charge in [-0.15, -0.1) is 11.3 Å². The molecule has 0 aliphatic rings. The molecule has 0 atom stereocenters. The summed E-state index contributed by atoms with van der Waals surface area (Å²) in [5.41, 5.74) is 0.674. The summed E-state index contributed by atoms with van der Waals surface area (Å²) in [5, 5.41) is 10.6. The third kappa shape index (κ3) is 5.93. The highest BCUT2D eigenvalue weighted by Crippen LogP contribution is 2.41. The second kappa shape index (κ2) is 9.32. The number of carboxylic acid groups (broad SMARTS) is 1. The molecule has 5 nitrogen and oxygen atoms in total. The Hall–Kier alpha value is -2.16. The number of carbonyl (C=O) groups is 1. The minimum atomic E-state index is -1.01. The zero-order chi connectivity index (χ0) is 21.9. The van der Waals surface area contributed by atoms with Crippen molar-refractivity contribution in [1.82, 2.24) is 14.9 Å². The summed E-state index contributed by atoms with van der Waals surface area (Å²) in [4.78, 5) is 22.6. The number of pyridine rings is 1. The van der Waals surface area contributed by atoms with Crippen molar-refractivity contribution in [1.29, 1.82) is 0 Å². The summed E-state index contributed by atoms with van der Waals surface area (Å²) in [6.07, 6.45) is 0.629. The second-order valence-electron chi connectivity index (χ2n) is 7.84. The standard InChI is InChI=1S/C21H21ClFN3O2S2/c1-21(2,3)12-26(20(27)28)11-17-25-18(14-6-4-5-7-15(14)23)19(30-17)29-13-8-9-16(22)24-10-13/h4-10H,11-12H2,1-3H3,(H,27,28). The SMILES string of the molecule is CC(C)(C)CN(Cc1nc(-c2ccccc2F)c(Sc2ccc(Cl)nc2)s1)C(=O)O. The van der Waals surface area contributed by atoms with Gasteiger partial charge in [-0.3, -0.25) is 0 Å². The second-order valence-corrected chi connectivity index (χ2v) is 10.7. The van der Waals surface area contributed by atoms with Crippen LogP contribution in [0.4, 0.5) is 9.18 Å². The number of benzene rings is 1. The van der Waals surface area contributed by atoms with E-state index in [0.717, 1.165) is 9.10 Å². The van der Waals surface area contributed by atoms with Crippen LogP contribution in [0, 0.1) is 11.2 Å². The van der Waals surface area contributed by atoms with Crippen LogP contribution >= 0.6 is 34.7 Å². The van der Waals surface area contributed by atoms with Crippen LogP contribution in [-0.2, 0) is 6.54 Å². The van der Waals surface area contributed by atoms with E-state index in [0.29, 0.717) is 28.0 Å². The Labute approximate surface area is 187 Å². The molecule has 1 aromatic carbocycles. The first-order chi connectivity index (χ1) is 14.1. The zero-order valence-corrected chi connectivity index (χ0v) is 19.1. The summed E-state index contributed by atoms with van der Waals surface area (Å²) < 4.78 is 15.3. The molecular weight excluding hydrogens is 445 g/mol. The summed E-state index contributed by atoms with van der Waals surface area (Å²) in [5.74, 6) is -0.379. The van der Waals surface area contributed by atoms with Crippen LogP contribution < -0.4 is 0 Å². The van der Waals surface area contributed by atoms with Crippen LogP contribution in [0.1, 0.15) is 25.8 Å². The molecule has 158 valence electrons. The highest BCUT2D eigenvalue weighted by Gasteiger charge is 2.24. The van der Waals surface area contributed by atoms with Gasteiger partial charge < -0.3 is 10.0 Å². The molecule has 9 heteroatoms. The topological polar surface area (TPSA) is 66.3 Å². The predicted molar refractivity (Wildman–Crippen MR) is 119 cm³/mol. The van der Waals surface area contributed by atoms with Crippen molar-refractivity contribution in [2.45, 2.75) is 36.4 Å². The normalized spacial score (nSPS) is 11.5. The molecular formula is C21H21ClFN3O2S2. The predicted octanol–water partition coefficient (Wildman–Crippen LogP) is 6.67.